The first-order valence-corrected chi connectivity index (χ1v) is 9.87. The van der Waals surface area contributed by atoms with Crippen molar-refractivity contribution in [2.45, 2.75) is 30.7 Å². The fraction of sp³-hybridized carbons (Fsp3) is 0.316. The Morgan fingerprint density at radius 1 is 1.11 bits per heavy atom. The first kappa shape index (κ1) is 21.0. The van der Waals surface area contributed by atoms with Gasteiger partial charge in [-0.15, -0.1) is 0 Å². The molecule has 8 heteroatoms. The number of amides is 1. The van der Waals surface area contributed by atoms with Crippen molar-refractivity contribution in [3.05, 3.63) is 65.2 Å². The summed E-state index contributed by atoms with van der Waals surface area (Å²) in [4.78, 5) is 14.0. The van der Waals surface area contributed by atoms with Crippen LogP contribution in [0.2, 0.25) is 0 Å². The Kier molecular flexibility index (Phi) is 6.67. The van der Waals surface area contributed by atoms with E-state index in [1.165, 1.54) is 30.1 Å². The number of sulfonamides is 1. The van der Waals surface area contributed by atoms with Crippen LogP contribution in [-0.4, -0.2) is 33.3 Å². The number of nitrogens with zero attached hydrogens (tertiary/aromatic N) is 1. The van der Waals surface area contributed by atoms with E-state index in [9.17, 15) is 22.0 Å². The van der Waals surface area contributed by atoms with Gasteiger partial charge in [0.25, 0.3) is 0 Å². The van der Waals surface area contributed by atoms with Crippen LogP contribution in [0.5, 0.6) is 0 Å². The average Bonchev–Trinajstić information content (AvgIpc) is 2.67. The molecule has 146 valence electrons. The molecule has 0 fully saturated rings. The molecule has 0 radical (unpaired) electrons. The Morgan fingerprint density at radius 2 is 1.74 bits per heavy atom. The number of hydrogen-bond acceptors (Lipinski definition) is 3. The molecule has 5 nitrogen and oxygen atoms in total. The molecule has 2 aromatic rings. The maximum Gasteiger partial charge on any atom is 0.240 e. The second-order valence-electron chi connectivity index (χ2n) is 6.21. The lowest BCUT2D eigenvalue weighted by Gasteiger charge is -2.25. The largest absolute Gasteiger partial charge is 0.339 e. The van der Waals surface area contributed by atoms with Crippen molar-refractivity contribution in [1.82, 2.24) is 9.62 Å². The molecule has 0 spiro atoms. The second kappa shape index (κ2) is 8.58. The van der Waals surface area contributed by atoms with E-state index in [1.54, 1.807) is 26.1 Å². The number of aryl methyl sites for hydroxylation is 1. The maximum atomic E-state index is 13.4. The van der Waals surface area contributed by atoms with Crippen molar-refractivity contribution in [2.24, 2.45) is 0 Å². The smallest absolute Gasteiger partial charge is 0.240 e. The van der Waals surface area contributed by atoms with Gasteiger partial charge in [-0.3, -0.25) is 4.79 Å². The van der Waals surface area contributed by atoms with Gasteiger partial charge in [0.05, 0.1) is 10.9 Å². The highest BCUT2D eigenvalue weighted by atomic mass is 32.2. The van der Waals surface area contributed by atoms with Gasteiger partial charge >= 0.3 is 0 Å². The molecule has 1 amide bonds. The molecule has 0 aliphatic rings. The summed E-state index contributed by atoms with van der Waals surface area (Å²) in [5.74, 6) is -2.03. The van der Waals surface area contributed by atoms with E-state index in [2.05, 4.69) is 4.72 Å². The van der Waals surface area contributed by atoms with Crippen molar-refractivity contribution >= 4 is 15.9 Å². The van der Waals surface area contributed by atoms with Crippen molar-refractivity contribution in [1.29, 1.82) is 0 Å². The highest BCUT2D eigenvalue weighted by Gasteiger charge is 2.19. The molecule has 27 heavy (non-hydrogen) atoms. The second-order valence-corrected chi connectivity index (χ2v) is 8.09. The lowest BCUT2D eigenvalue weighted by molar-refractivity contribution is -0.131. The summed E-state index contributed by atoms with van der Waals surface area (Å²) in [6, 6.07) is 9.47. The molecule has 0 saturated heterocycles. The molecular formula is C19H22F2N2O3S. The van der Waals surface area contributed by atoms with Gasteiger partial charge in [-0.1, -0.05) is 18.2 Å². The molecule has 2 rings (SSSR count). The average molecular weight is 396 g/mol. The third kappa shape index (κ3) is 5.11. The summed E-state index contributed by atoms with van der Waals surface area (Å²) in [6.45, 7) is 1.74. The minimum absolute atomic E-state index is 0.154. The first-order valence-electron chi connectivity index (χ1n) is 8.39. The van der Waals surface area contributed by atoms with E-state index >= 15 is 0 Å². The zero-order chi connectivity index (χ0) is 20.2. The van der Waals surface area contributed by atoms with Crippen LogP contribution in [0, 0.1) is 11.6 Å². The summed E-state index contributed by atoms with van der Waals surface area (Å²) in [7, 11) is -0.543. The number of hydrogen-bond donors (Lipinski definition) is 1. The minimum Gasteiger partial charge on any atom is -0.339 e. The van der Waals surface area contributed by atoms with Gasteiger partial charge in [0.1, 0.15) is 0 Å². The molecule has 0 saturated carbocycles. The molecule has 1 N–H and O–H groups in total. The van der Waals surface area contributed by atoms with Crippen LogP contribution in [0.3, 0.4) is 0 Å². The molecular weight excluding hydrogens is 374 g/mol. The Bertz CT molecular complexity index is 915. The Balaban J connectivity index is 1.99. The standard InChI is InChI=1S/C19H22F2N2O3S/c1-13(15-7-10-17(20)18(21)12-15)23(3)19(24)11-6-14-4-8-16(9-5-14)27(25,26)22-2/h4-5,7-10,12-13,22H,6,11H2,1-3H3. The van der Waals surface area contributed by atoms with Crippen LogP contribution in [0.15, 0.2) is 47.4 Å². The third-order valence-electron chi connectivity index (χ3n) is 4.53. The van der Waals surface area contributed by atoms with Crippen LogP contribution in [0.4, 0.5) is 8.78 Å². The summed E-state index contributed by atoms with van der Waals surface area (Å²) in [6.07, 6.45) is 0.649. The van der Waals surface area contributed by atoms with Gasteiger partial charge in [0.2, 0.25) is 15.9 Å². The van der Waals surface area contributed by atoms with Crippen molar-refractivity contribution in [2.75, 3.05) is 14.1 Å². The molecule has 1 unspecified atom stereocenters. The van der Waals surface area contributed by atoms with Crippen LogP contribution >= 0.6 is 0 Å². The van der Waals surface area contributed by atoms with Gasteiger partial charge in [-0.2, -0.15) is 0 Å². The number of carbonyl (C=O) groups excluding carboxylic acids is 1. The Morgan fingerprint density at radius 3 is 2.30 bits per heavy atom. The van der Waals surface area contributed by atoms with Crippen LogP contribution in [-0.2, 0) is 21.2 Å². The summed E-state index contributed by atoms with van der Waals surface area (Å²) in [5.41, 5.74) is 1.33. The van der Waals surface area contributed by atoms with Crippen LogP contribution in [0.25, 0.3) is 0 Å². The molecule has 0 aromatic heterocycles. The van der Waals surface area contributed by atoms with E-state index in [4.69, 9.17) is 0 Å². The predicted molar refractivity (Wildman–Crippen MR) is 98.6 cm³/mol. The molecule has 0 aliphatic heterocycles. The van der Waals surface area contributed by atoms with Crippen LogP contribution < -0.4 is 4.72 Å². The Labute approximate surface area is 158 Å². The number of rotatable bonds is 7. The monoisotopic (exact) mass is 396 g/mol. The third-order valence-corrected chi connectivity index (χ3v) is 5.96. The van der Waals surface area contributed by atoms with E-state index in [1.807, 2.05) is 0 Å². The first-order chi connectivity index (χ1) is 12.7. The number of carbonyl (C=O) groups is 1. The van der Waals surface area contributed by atoms with Gasteiger partial charge in [-0.05, 0) is 55.8 Å². The molecule has 1 atom stereocenters. The zero-order valence-electron chi connectivity index (χ0n) is 15.4. The summed E-state index contributed by atoms with van der Waals surface area (Å²) in [5, 5.41) is 0. The van der Waals surface area contributed by atoms with E-state index in [0.29, 0.717) is 12.0 Å². The summed E-state index contributed by atoms with van der Waals surface area (Å²) < 4.78 is 52.1. The maximum absolute atomic E-state index is 13.4. The van der Waals surface area contributed by atoms with Crippen molar-refractivity contribution in [3.63, 3.8) is 0 Å². The Hall–Kier alpha value is -2.32. The van der Waals surface area contributed by atoms with E-state index in [-0.39, 0.29) is 17.2 Å². The highest BCUT2D eigenvalue weighted by molar-refractivity contribution is 7.89. The number of nitrogens with one attached hydrogen (secondary N) is 1. The van der Waals surface area contributed by atoms with Gasteiger partial charge in [-0.25, -0.2) is 21.9 Å². The van der Waals surface area contributed by atoms with Gasteiger partial charge in [0, 0.05) is 13.5 Å². The number of halogens is 2. The van der Waals surface area contributed by atoms with E-state index < -0.39 is 27.7 Å². The zero-order valence-corrected chi connectivity index (χ0v) is 16.2. The number of benzene rings is 2. The fourth-order valence-corrected chi connectivity index (χ4v) is 3.32. The van der Waals surface area contributed by atoms with Gasteiger partial charge in [0.15, 0.2) is 11.6 Å². The molecule has 0 aliphatic carbocycles. The van der Waals surface area contributed by atoms with Crippen LogP contribution in [0.1, 0.15) is 30.5 Å². The molecule has 2 aromatic carbocycles. The van der Waals surface area contributed by atoms with Gasteiger partial charge < -0.3 is 4.90 Å². The van der Waals surface area contributed by atoms with Crippen molar-refractivity contribution < 1.29 is 22.0 Å². The molecule has 0 heterocycles. The van der Waals surface area contributed by atoms with Crippen molar-refractivity contribution in [3.8, 4) is 0 Å². The SMILES string of the molecule is CNS(=O)(=O)c1ccc(CCC(=O)N(C)C(C)c2ccc(F)c(F)c2)cc1. The lowest BCUT2D eigenvalue weighted by atomic mass is 10.1. The fourth-order valence-electron chi connectivity index (χ4n) is 2.59. The van der Waals surface area contributed by atoms with E-state index in [0.717, 1.165) is 17.7 Å². The predicted octanol–water partition coefficient (Wildman–Crippen LogP) is 3.03. The lowest BCUT2D eigenvalue weighted by Crippen LogP contribution is -2.29. The quantitative estimate of drug-likeness (QED) is 0.782. The highest BCUT2D eigenvalue weighted by Crippen LogP contribution is 2.22. The minimum atomic E-state index is -3.49. The topological polar surface area (TPSA) is 66.5 Å². The normalized spacial score (nSPS) is 12.6. The molecule has 0 bridgehead atoms. The summed E-state index contributed by atoms with van der Waals surface area (Å²) >= 11 is 0.